The van der Waals surface area contributed by atoms with E-state index in [1.54, 1.807) is 6.20 Å². The van der Waals surface area contributed by atoms with Crippen LogP contribution in [0.5, 0.6) is 0 Å². The zero-order valence-electron chi connectivity index (χ0n) is 11.2. The molecule has 0 fully saturated rings. The predicted molar refractivity (Wildman–Crippen MR) is 78.7 cm³/mol. The maximum Gasteiger partial charge on any atom is 0.323 e. The van der Waals surface area contributed by atoms with Crippen LogP contribution in [0.4, 0.5) is 0 Å². The van der Waals surface area contributed by atoms with E-state index in [-0.39, 0.29) is 11.7 Å². The van der Waals surface area contributed by atoms with Crippen molar-refractivity contribution in [3.05, 3.63) is 64.3 Å². The molecule has 2 heterocycles. The van der Waals surface area contributed by atoms with Crippen LogP contribution in [0.3, 0.4) is 0 Å². The number of nitrogens with zero attached hydrogens (tertiary/aromatic N) is 1. The van der Waals surface area contributed by atoms with Crippen molar-refractivity contribution >= 4 is 11.0 Å². The Morgan fingerprint density at radius 1 is 1.20 bits per heavy atom. The summed E-state index contributed by atoms with van der Waals surface area (Å²) in [6, 6.07) is 9.97. The van der Waals surface area contributed by atoms with Crippen LogP contribution in [-0.2, 0) is 0 Å². The lowest BCUT2D eigenvalue weighted by molar-refractivity contribution is 0.629. The van der Waals surface area contributed by atoms with Crippen molar-refractivity contribution in [2.45, 2.75) is 13.0 Å². The molecule has 2 aromatic heterocycles. The molecule has 0 saturated carbocycles. The van der Waals surface area contributed by atoms with E-state index in [1.165, 1.54) is 0 Å². The molecule has 3 N–H and O–H groups in total. The van der Waals surface area contributed by atoms with Crippen molar-refractivity contribution in [2.75, 3.05) is 6.54 Å². The molecule has 3 aromatic rings. The fraction of sp³-hybridized carbons (Fsp3) is 0.200. The summed E-state index contributed by atoms with van der Waals surface area (Å²) in [5, 5.41) is 3.44. The third kappa shape index (κ3) is 2.35. The van der Waals surface area contributed by atoms with E-state index < -0.39 is 0 Å². The number of imidazole rings is 1. The lowest BCUT2D eigenvalue weighted by Crippen LogP contribution is -2.22. The van der Waals surface area contributed by atoms with Gasteiger partial charge in [-0.2, -0.15) is 0 Å². The van der Waals surface area contributed by atoms with Crippen molar-refractivity contribution in [3.8, 4) is 0 Å². The summed E-state index contributed by atoms with van der Waals surface area (Å²) in [5.74, 6) is 0. The summed E-state index contributed by atoms with van der Waals surface area (Å²) in [5.41, 5.74) is 3.66. The van der Waals surface area contributed by atoms with Crippen molar-refractivity contribution < 1.29 is 0 Å². The molecule has 0 aliphatic rings. The number of fused-ring (bicyclic) bond motifs is 1. The van der Waals surface area contributed by atoms with Gasteiger partial charge in [-0.25, -0.2) is 4.79 Å². The Balaban J connectivity index is 2.07. The minimum absolute atomic E-state index is 0.0662. The topological polar surface area (TPSA) is 73.6 Å². The van der Waals surface area contributed by atoms with E-state index in [9.17, 15) is 4.79 Å². The number of rotatable bonds is 4. The van der Waals surface area contributed by atoms with Gasteiger partial charge < -0.3 is 15.3 Å². The largest absolute Gasteiger partial charge is 0.323 e. The molecule has 5 heteroatoms. The molecule has 5 nitrogen and oxygen atoms in total. The van der Waals surface area contributed by atoms with E-state index in [4.69, 9.17) is 0 Å². The second kappa shape index (κ2) is 5.30. The first-order chi connectivity index (χ1) is 9.78. The second-order valence-corrected chi connectivity index (χ2v) is 4.66. The van der Waals surface area contributed by atoms with Gasteiger partial charge in [0.1, 0.15) is 0 Å². The average molecular weight is 268 g/mol. The maximum atomic E-state index is 11.3. The van der Waals surface area contributed by atoms with Gasteiger partial charge in [0.05, 0.1) is 17.1 Å². The highest BCUT2D eigenvalue weighted by molar-refractivity contribution is 5.75. The Hall–Kier alpha value is -2.40. The van der Waals surface area contributed by atoms with Crippen molar-refractivity contribution in [2.24, 2.45) is 0 Å². The van der Waals surface area contributed by atoms with Crippen LogP contribution in [0.2, 0.25) is 0 Å². The van der Waals surface area contributed by atoms with Gasteiger partial charge in [-0.1, -0.05) is 19.1 Å². The van der Waals surface area contributed by atoms with Crippen LogP contribution in [-0.4, -0.2) is 21.5 Å². The fourth-order valence-electron chi connectivity index (χ4n) is 2.41. The number of pyridine rings is 1. The van der Waals surface area contributed by atoms with Gasteiger partial charge in [0.25, 0.3) is 0 Å². The van der Waals surface area contributed by atoms with Gasteiger partial charge in [0.2, 0.25) is 0 Å². The molecule has 0 amide bonds. The normalized spacial score (nSPS) is 12.7. The Morgan fingerprint density at radius 2 is 2.05 bits per heavy atom. The monoisotopic (exact) mass is 268 g/mol. The predicted octanol–water partition coefficient (Wildman–Crippen LogP) is 1.95. The number of nitrogens with one attached hydrogen (secondary N) is 3. The molecule has 0 spiro atoms. The number of hydrogen-bond acceptors (Lipinski definition) is 3. The van der Waals surface area contributed by atoms with Gasteiger partial charge in [-0.05, 0) is 35.9 Å². The quantitative estimate of drug-likeness (QED) is 0.677. The zero-order chi connectivity index (χ0) is 13.9. The Labute approximate surface area is 116 Å². The molecule has 0 saturated heterocycles. The maximum absolute atomic E-state index is 11.3. The number of benzene rings is 1. The van der Waals surface area contributed by atoms with E-state index in [0.717, 1.165) is 28.7 Å². The Kier molecular flexibility index (Phi) is 3.35. The molecule has 1 unspecified atom stereocenters. The van der Waals surface area contributed by atoms with Gasteiger partial charge in [-0.15, -0.1) is 0 Å². The van der Waals surface area contributed by atoms with E-state index in [1.807, 2.05) is 36.5 Å². The molecule has 3 rings (SSSR count). The summed E-state index contributed by atoms with van der Waals surface area (Å²) in [7, 11) is 0. The standard InChI is InChI=1S/C15H16N4O/c1-2-17-14(11-4-3-7-16-9-11)10-5-6-12-13(8-10)19-15(20)18-12/h3-9,14,17H,2H2,1H3,(H2,18,19,20). The van der Waals surface area contributed by atoms with Crippen LogP contribution in [0.1, 0.15) is 24.1 Å². The van der Waals surface area contributed by atoms with Crippen LogP contribution in [0, 0.1) is 0 Å². The van der Waals surface area contributed by atoms with Crippen LogP contribution in [0.25, 0.3) is 11.0 Å². The Bertz CT molecular complexity index is 760. The van der Waals surface area contributed by atoms with Crippen LogP contribution < -0.4 is 11.0 Å². The highest BCUT2D eigenvalue weighted by atomic mass is 16.1. The fourth-order valence-corrected chi connectivity index (χ4v) is 2.41. The molecule has 1 atom stereocenters. The lowest BCUT2D eigenvalue weighted by Gasteiger charge is -2.18. The molecule has 0 bridgehead atoms. The molecule has 1 aromatic carbocycles. The lowest BCUT2D eigenvalue weighted by atomic mass is 9.99. The molecule has 0 aliphatic carbocycles. The second-order valence-electron chi connectivity index (χ2n) is 4.66. The number of aromatic amines is 2. The van der Waals surface area contributed by atoms with Crippen molar-refractivity contribution in [1.29, 1.82) is 0 Å². The van der Waals surface area contributed by atoms with Gasteiger partial charge in [0.15, 0.2) is 0 Å². The smallest absolute Gasteiger partial charge is 0.306 e. The molecule has 20 heavy (non-hydrogen) atoms. The first-order valence-electron chi connectivity index (χ1n) is 6.63. The molecular formula is C15H16N4O. The minimum atomic E-state index is -0.182. The highest BCUT2D eigenvalue weighted by Gasteiger charge is 2.13. The van der Waals surface area contributed by atoms with Crippen molar-refractivity contribution in [1.82, 2.24) is 20.3 Å². The summed E-state index contributed by atoms with van der Waals surface area (Å²) in [6.07, 6.45) is 3.62. The molecular weight excluding hydrogens is 252 g/mol. The van der Waals surface area contributed by atoms with Gasteiger partial charge in [0, 0.05) is 12.4 Å². The van der Waals surface area contributed by atoms with Gasteiger partial charge in [-0.3, -0.25) is 4.98 Å². The summed E-state index contributed by atoms with van der Waals surface area (Å²) in [4.78, 5) is 21.1. The summed E-state index contributed by atoms with van der Waals surface area (Å²) >= 11 is 0. The first kappa shape index (κ1) is 12.6. The van der Waals surface area contributed by atoms with Crippen molar-refractivity contribution in [3.63, 3.8) is 0 Å². The van der Waals surface area contributed by atoms with E-state index >= 15 is 0 Å². The van der Waals surface area contributed by atoms with Gasteiger partial charge >= 0.3 is 5.69 Å². The zero-order valence-corrected chi connectivity index (χ0v) is 11.2. The number of aromatic nitrogens is 3. The van der Waals surface area contributed by atoms with Crippen LogP contribution in [0.15, 0.2) is 47.5 Å². The Morgan fingerprint density at radius 3 is 2.80 bits per heavy atom. The third-order valence-corrected chi connectivity index (χ3v) is 3.30. The first-order valence-corrected chi connectivity index (χ1v) is 6.63. The van der Waals surface area contributed by atoms with E-state index in [2.05, 4.69) is 27.2 Å². The number of H-pyrrole nitrogens is 2. The molecule has 102 valence electrons. The summed E-state index contributed by atoms with van der Waals surface area (Å²) < 4.78 is 0. The highest BCUT2D eigenvalue weighted by Crippen LogP contribution is 2.23. The minimum Gasteiger partial charge on any atom is -0.306 e. The SMILES string of the molecule is CCNC(c1cccnc1)c1ccc2[nH]c(=O)[nH]c2c1. The number of hydrogen-bond donors (Lipinski definition) is 3. The summed E-state index contributed by atoms with van der Waals surface area (Å²) in [6.45, 7) is 2.92. The molecule has 0 aliphatic heterocycles. The molecule has 0 radical (unpaired) electrons. The van der Waals surface area contributed by atoms with E-state index in [0.29, 0.717) is 0 Å². The third-order valence-electron chi connectivity index (χ3n) is 3.30. The van der Waals surface area contributed by atoms with Crippen LogP contribution >= 0.6 is 0 Å². The average Bonchev–Trinajstić information content (AvgIpc) is 2.84.